The quantitative estimate of drug-likeness (QED) is 0.580. The van der Waals surface area contributed by atoms with Crippen molar-refractivity contribution in [3.8, 4) is 17.1 Å². The lowest BCUT2D eigenvalue weighted by Gasteiger charge is -2.07. The number of nitrogen functional groups attached to an aromatic ring is 1. The molecule has 9 nitrogen and oxygen atoms in total. The van der Waals surface area contributed by atoms with Gasteiger partial charge in [-0.1, -0.05) is 0 Å². The highest BCUT2D eigenvalue weighted by atomic mass is 16.5. The van der Waals surface area contributed by atoms with E-state index in [-0.39, 0.29) is 11.6 Å². The summed E-state index contributed by atoms with van der Waals surface area (Å²) < 4.78 is 27.9. The van der Waals surface area contributed by atoms with Crippen molar-refractivity contribution in [2.75, 3.05) is 25.1 Å². The smallest absolute Gasteiger partial charge is 0.184 e. The van der Waals surface area contributed by atoms with E-state index in [1.54, 1.807) is 25.4 Å². The van der Waals surface area contributed by atoms with Gasteiger partial charge in [0.05, 0.1) is 17.3 Å². The number of nitrogens with two attached hydrogens (primary N) is 1. The van der Waals surface area contributed by atoms with E-state index in [0.29, 0.717) is 33.8 Å². The average molecular weight is 325 g/mol. The van der Waals surface area contributed by atoms with Gasteiger partial charge in [-0.05, 0) is 18.2 Å². The molecule has 0 atom stereocenters. The molecule has 9 heteroatoms. The number of nitrogens with zero attached hydrogens (tertiary/aromatic N) is 6. The molecule has 3 N–H and O–H groups in total. The lowest BCUT2D eigenvalue weighted by molar-refractivity contribution is 0.411. The van der Waals surface area contributed by atoms with Gasteiger partial charge in [0.1, 0.15) is 17.1 Å². The fourth-order valence-electron chi connectivity index (χ4n) is 2.45. The molecule has 0 aliphatic rings. The van der Waals surface area contributed by atoms with Crippen molar-refractivity contribution in [1.82, 2.24) is 29.8 Å². The molecule has 4 heterocycles. The van der Waals surface area contributed by atoms with Gasteiger partial charge in [-0.2, -0.15) is 0 Å². The highest BCUT2D eigenvalue weighted by molar-refractivity contribution is 5.98. The van der Waals surface area contributed by atoms with Crippen molar-refractivity contribution in [2.24, 2.45) is 0 Å². The van der Waals surface area contributed by atoms with Gasteiger partial charge in [0.2, 0.25) is 0 Å². The number of rotatable bonds is 3. The molecule has 0 aliphatic carbocycles. The Kier molecular flexibility index (Phi) is 2.45. The fourth-order valence-corrected chi connectivity index (χ4v) is 2.45. The number of hydrogen-bond acceptors (Lipinski definition) is 8. The highest BCUT2D eigenvalue weighted by Gasteiger charge is 2.15. The van der Waals surface area contributed by atoms with Gasteiger partial charge in [0.25, 0.3) is 0 Å². The van der Waals surface area contributed by atoms with Crippen molar-refractivity contribution in [3.63, 3.8) is 0 Å². The van der Waals surface area contributed by atoms with E-state index in [0.717, 1.165) is 0 Å². The van der Waals surface area contributed by atoms with Crippen LogP contribution < -0.4 is 15.8 Å². The van der Waals surface area contributed by atoms with Crippen molar-refractivity contribution in [2.45, 2.75) is 0 Å². The Bertz CT molecular complexity index is 1160. The largest absolute Gasteiger partial charge is 0.495 e. The minimum absolute atomic E-state index is 0.155. The van der Waals surface area contributed by atoms with Crippen LogP contribution in [0.5, 0.6) is 5.75 Å². The van der Waals surface area contributed by atoms with Crippen LogP contribution in [-0.2, 0) is 0 Å². The molecule has 0 amide bonds. The second kappa shape index (κ2) is 5.30. The Labute approximate surface area is 140 Å². The number of pyridine rings is 2. The summed E-state index contributed by atoms with van der Waals surface area (Å²) in [6, 6.07) is 4.81. The molecule has 0 fully saturated rings. The van der Waals surface area contributed by atoms with Crippen LogP contribution >= 0.6 is 0 Å². The van der Waals surface area contributed by atoms with Crippen LogP contribution in [-0.4, -0.2) is 43.9 Å². The van der Waals surface area contributed by atoms with Crippen molar-refractivity contribution >= 4 is 28.2 Å². The first-order valence-electron chi connectivity index (χ1n) is 8.49. The summed E-state index contributed by atoms with van der Waals surface area (Å²) in [5.74, 6) is 1.35. The van der Waals surface area contributed by atoms with Gasteiger partial charge >= 0.3 is 0 Å². The van der Waals surface area contributed by atoms with Gasteiger partial charge in [-0.3, -0.25) is 0 Å². The van der Waals surface area contributed by atoms with Gasteiger partial charge < -0.3 is 15.8 Å². The number of aromatic nitrogens is 6. The minimum atomic E-state index is -2.55. The maximum atomic E-state index is 7.19. The van der Waals surface area contributed by atoms with E-state index in [4.69, 9.17) is 14.6 Å². The monoisotopic (exact) mass is 325 g/mol. The van der Waals surface area contributed by atoms with Crippen LogP contribution in [0.1, 0.15) is 4.11 Å². The lowest BCUT2D eigenvalue weighted by atomic mass is 10.1. The van der Waals surface area contributed by atoms with Gasteiger partial charge in [0, 0.05) is 24.2 Å². The summed E-state index contributed by atoms with van der Waals surface area (Å²) in [4.78, 5) is 8.79. The maximum absolute atomic E-state index is 7.19. The van der Waals surface area contributed by atoms with E-state index >= 15 is 0 Å². The summed E-state index contributed by atoms with van der Waals surface area (Å²) in [6.07, 6.45) is 3.06. The standard InChI is InChI=1S/C15H14N8O/c1-17-15-13-9(5-11(16)20-21-13)10(6-18-15)14-19-12-4-3-8(24-2)7-23(12)22-14/h3-7H,1-2H3,(H2,16,20)(H,17,18)/i2D3. The third-order valence-corrected chi connectivity index (χ3v) is 3.55. The zero-order valence-corrected chi connectivity index (χ0v) is 12.6. The summed E-state index contributed by atoms with van der Waals surface area (Å²) in [5, 5.41) is 16.0. The van der Waals surface area contributed by atoms with Crippen LogP contribution in [0.15, 0.2) is 30.6 Å². The molecular weight excluding hydrogens is 308 g/mol. The predicted octanol–water partition coefficient (Wildman–Crippen LogP) is 1.37. The van der Waals surface area contributed by atoms with Gasteiger partial charge in [-0.25, -0.2) is 14.5 Å². The number of hydrogen-bond donors (Lipinski definition) is 2. The van der Waals surface area contributed by atoms with E-state index in [1.807, 2.05) is 0 Å². The summed E-state index contributed by atoms with van der Waals surface area (Å²) in [5.41, 5.74) is 7.46. The molecule has 0 aliphatic heterocycles. The van der Waals surface area contributed by atoms with Crippen LogP contribution in [0.2, 0.25) is 0 Å². The first-order chi connectivity index (χ1) is 12.8. The third kappa shape index (κ3) is 2.14. The van der Waals surface area contributed by atoms with E-state index in [2.05, 4.69) is 30.6 Å². The number of anilines is 2. The Morgan fingerprint density at radius 2 is 2.25 bits per heavy atom. The SMILES string of the molecule is [2H]C([2H])([2H])Oc1ccc2nc(-c3cnc(NC)c4nnc(N)cc34)nn2c1. The van der Waals surface area contributed by atoms with Crippen LogP contribution in [0, 0.1) is 0 Å². The fraction of sp³-hybridized carbons (Fsp3) is 0.133. The Morgan fingerprint density at radius 1 is 1.33 bits per heavy atom. The van der Waals surface area contributed by atoms with Gasteiger partial charge in [-0.15, -0.1) is 15.3 Å². The van der Waals surface area contributed by atoms with Gasteiger partial charge in [0.15, 0.2) is 17.3 Å². The van der Waals surface area contributed by atoms with E-state index in [9.17, 15) is 0 Å². The van der Waals surface area contributed by atoms with Crippen molar-refractivity contribution < 1.29 is 8.85 Å². The predicted molar refractivity (Wildman–Crippen MR) is 89.8 cm³/mol. The number of methoxy groups -OCH3 is 1. The molecule has 120 valence electrons. The normalized spacial score (nSPS) is 13.5. The lowest BCUT2D eigenvalue weighted by Crippen LogP contribution is -2.00. The molecule has 0 aromatic carbocycles. The Morgan fingerprint density at radius 3 is 3.08 bits per heavy atom. The van der Waals surface area contributed by atoms with Crippen LogP contribution in [0.3, 0.4) is 0 Å². The molecule has 0 radical (unpaired) electrons. The molecule has 0 saturated heterocycles. The third-order valence-electron chi connectivity index (χ3n) is 3.55. The zero-order valence-electron chi connectivity index (χ0n) is 15.6. The summed E-state index contributed by atoms with van der Waals surface area (Å²) >= 11 is 0. The first kappa shape index (κ1) is 11.1. The second-order valence-electron chi connectivity index (χ2n) is 5.01. The average Bonchev–Trinajstić information content (AvgIpc) is 3.02. The van der Waals surface area contributed by atoms with Crippen LogP contribution in [0.25, 0.3) is 27.9 Å². The van der Waals surface area contributed by atoms with Crippen molar-refractivity contribution in [1.29, 1.82) is 0 Å². The minimum Gasteiger partial charge on any atom is -0.495 e. The molecule has 4 aromatic heterocycles. The summed E-state index contributed by atoms with van der Waals surface area (Å²) in [7, 11) is -0.814. The Hall–Kier alpha value is -3.49. The molecule has 0 saturated carbocycles. The molecule has 0 spiro atoms. The molecule has 4 rings (SSSR count). The van der Waals surface area contributed by atoms with Crippen molar-refractivity contribution in [3.05, 3.63) is 30.6 Å². The zero-order chi connectivity index (χ0) is 19.2. The number of ether oxygens (including phenoxy) is 1. The molecule has 0 bridgehead atoms. The van der Waals surface area contributed by atoms with E-state index < -0.39 is 7.04 Å². The Balaban J connectivity index is 1.86. The first-order valence-corrected chi connectivity index (χ1v) is 6.99. The highest BCUT2D eigenvalue weighted by Crippen LogP contribution is 2.29. The van der Waals surface area contributed by atoms with Crippen LogP contribution in [0.4, 0.5) is 11.6 Å². The topological polar surface area (TPSA) is 116 Å². The number of nitrogens with one attached hydrogen (secondary N) is 1. The number of fused-ring (bicyclic) bond motifs is 2. The maximum Gasteiger partial charge on any atom is 0.184 e. The molecule has 0 unspecified atom stereocenters. The molecule has 24 heavy (non-hydrogen) atoms. The second-order valence-corrected chi connectivity index (χ2v) is 5.01. The summed E-state index contributed by atoms with van der Waals surface area (Å²) in [6.45, 7) is 0. The molecule has 4 aromatic rings. The molecular formula is C15H14N8O. The van der Waals surface area contributed by atoms with E-state index in [1.165, 1.54) is 16.8 Å².